The normalized spacial score (nSPS) is 46.3. The second-order valence-corrected chi connectivity index (χ2v) is 9.34. The lowest BCUT2D eigenvalue weighted by Gasteiger charge is -2.57. The standard InChI is InChI=1S/C23H27FO4/c1-13(25)23(28-14(2)26)10-8-18-17-6-5-15-11-16(27)7-9-21(15,3)20(17)19(24)12-22(18,23)4/h5-7,9,11,17-20H,8,10,12H2,1-4H3/t17-,18-,19-,20+,21-,22-,23-/m0/s1. The number of allylic oxidation sites excluding steroid dienone is 6. The monoisotopic (exact) mass is 386 g/mol. The second kappa shape index (κ2) is 5.98. The molecule has 4 nitrogen and oxygen atoms in total. The van der Waals surface area contributed by atoms with E-state index in [1.54, 1.807) is 6.08 Å². The SMILES string of the molecule is CC(=O)O[C@]1(C(C)=O)CC[C@H]2[C@@H]3C=CC4=CC(=O)C=C[C@]4(C)[C@H]3[C@@H](F)C[C@@]21C. The Labute approximate surface area is 164 Å². The van der Waals surface area contributed by atoms with Crippen molar-refractivity contribution >= 4 is 17.5 Å². The van der Waals surface area contributed by atoms with Crippen LogP contribution in [0.2, 0.25) is 0 Å². The van der Waals surface area contributed by atoms with Crippen LogP contribution in [0.15, 0.2) is 36.0 Å². The van der Waals surface area contributed by atoms with Crippen molar-refractivity contribution in [2.75, 3.05) is 0 Å². The van der Waals surface area contributed by atoms with E-state index >= 15 is 4.39 Å². The number of halogens is 1. The van der Waals surface area contributed by atoms with Gasteiger partial charge >= 0.3 is 5.97 Å². The smallest absolute Gasteiger partial charge is 0.303 e. The summed E-state index contributed by atoms with van der Waals surface area (Å²) in [5.74, 6) is -1.11. The van der Waals surface area contributed by atoms with Crippen molar-refractivity contribution in [3.63, 3.8) is 0 Å². The number of ether oxygens (including phenoxy) is 1. The molecule has 0 saturated heterocycles. The average Bonchev–Trinajstić information content (AvgIpc) is 2.88. The van der Waals surface area contributed by atoms with Gasteiger partial charge in [-0.15, -0.1) is 0 Å². The van der Waals surface area contributed by atoms with Gasteiger partial charge in [0.05, 0.1) is 0 Å². The van der Waals surface area contributed by atoms with E-state index in [0.29, 0.717) is 12.8 Å². The van der Waals surface area contributed by atoms with Crippen molar-refractivity contribution in [2.45, 2.75) is 58.7 Å². The van der Waals surface area contributed by atoms with Crippen LogP contribution in [0.4, 0.5) is 4.39 Å². The minimum absolute atomic E-state index is 0.0356. The Morgan fingerprint density at radius 3 is 2.57 bits per heavy atom. The van der Waals surface area contributed by atoms with Crippen LogP contribution in [-0.4, -0.2) is 29.3 Å². The summed E-state index contributed by atoms with van der Waals surface area (Å²) in [6.07, 6.45) is 9.08. The minimum atomic E-state index is -1.26. The maximum Gasteiger partial charge on any atom is 0.303 e. The molecular weight excluding hydrogens is 359 g/mol. The third kappa shape index (κ3) is 2.31. The molecule has 0 N–H and O–H groups in total. The molecule has 150 valence electrons. The first-order valence-electron chi connectivity index (χ1n) is 10.0. The van der Waals surface area contributed by atoms with Crippen LogP contribution in [-0.2, 0) is 19.1 Å². The molecule has 5 heteroatoms. The molecule has 0 aromatic heterocycles. The Morgan fingerprint density at radius 2 is 1.93 bits per heavy atom. The lowest BCUT2D eigenvalue weighted by Crippen LogP contribution is -2.60. The quantitative estimate of drug-likeness (QED) is 0.675. The maximum absolute atomic E-state index is 15.8. The van der Waals surface area contributed by atoms with Crippen molar-refractivity contribution in [3.05, 3.63) is 36.0 Å². The first-order valence-corrected chi connectivity index (χ1v) is 10.0. The van der Waals surface area contributed by atoms with Gasteiger partial charge in [0.1, 0.15) is 6.17 Å². The molecule has 0 spiro atoms. The molecular formula is C23H27FO4. The van der Waals surface area contributed by atoms with Gasteiger partial charge in [-0.2, -0.15) is 0 Å². The zero-order valence-electron chi connectivity index (χ0n) is 16.8. The highest BCUT2D eigenvalue weighted by Gasteiger charge is 2.69. The first kappa shape index (κ1) is 19.3. The number of hydrogen-bond donors (Lipinski definition) is 0. The van der Waals surface area contributed by atoms with E-state index < -0.39 is 28.6 Å². The van der Waals surface area contributed by atoms with Gasteiger partial charge in [0.2, 0.25) is 0 Å². The average molecular weight is 386 g/mol. The van der Waals surface area contributed by atoms with E-state index in [2.05, 4.69) is 0 Å². The molecule has 7 atom stereocenters. The van der Waals surface area contributed by atoms with Gasteiger partial charge in [-0.1, -0.05) is 32.1 Å². The van der Waals surface area contributed by atoms with Crippen LogP contribution in [0, 0.1) is 28.6 Å². The largest absolute Gasteiger partial charge is 0.451 e. The van der Waals surface area contributed by atoms with Crippen molar-refractivity contribution in [2.24, 2.45) is 28.6 Å². The Kier molecular flexibility index (Phi) is 4.12. The lowest BCUT2D eigenvalue weighted by molar-refractivity contribution is -0.188. The van der Waals surface area contributed by atoms with Gasteiger partial charge in [0.25, 0.3) is 0 Å². The summed E-state index contributed by atoms with van der Waals surface area (Å²) >= 11 is 0. The Bertz CT molecular complexity index is 855. The van der Waals surface area contributed by atoms with Gasteiger partial charge in [-0.05, 0) is 55.7 Å². The highest BCUT2D eigenvalue weighted by molar-refractivity contribution is 6.01. The van der Waals surface area contributed by atoms with E-state index in [1.807, 2.05) is 32.1 Å². The minimum Gasteiger partial charge on any atom is -0.451 e. The zero-order chi connectivity index (χ0) is 20.5. The molecule has 0 aliphatic heterocycles. The number of esters is 1. The number of rotatable bonds is 2. The summed E-state index contributed by atoms with van der Waals surface area (Å²) in [5.41, 5.74) is -1.71. The number of fused-ring (bicyclic) bond motifs is 5. The summed E-state index contributed by atoms with van der Waals surface area (Å²) in [6.45, 7) is 6.67. The molecule has 2 saturated carbocycles. The van der Waals surface area contributed by atoms with E-state index in [4.69, 9.17) is 4.74 Å². The van der Waals surface area contributed by atoms with Gasteiger partial charge in [-0.25, -0.2) is 4.39 Å². The number of hydrogen-bond acceptors (Lipinski definition) is 4. The number of carbonyl (C=O) groups excluding carboxylic acids is 3. The fourth-order valence-corrected chi connectivity index (χ4v) is 6.77. The van der Waals surface area contributed by atoms with Crippen molar-refractivity contribution in [3.8, 4) is 0 Å². The van der Waals surface area contributed by atoms with Crippen LogP contribution in [0.1, 0.15) is 47.0 Å². The van der Waals surface area contributed by atoms with Gasteiger partial charge in [0.15, 0.2) is 17.2 Å². The third-order valence-electron chi connectivity index (χ3n) is 8.03. The predicted octanol–water partition coefficient (Wildman–Crippen LogP) is 3.91. The Morgan fingerprint density at radius 1 is 1.21 bits per heavy atom. The second-order valence-electron chi connectivity index (χ2n) is 9.34. The summed E-state index contributed by atoms with van der Waals surface area (Å²) in [4.78, 5) is 36.3. The van der Waals surface area contributed by atoms with Crippen LogP contribution in [0.25, 0.3) is 0 Å². The summed E-state index contributed by atoms with van der Waals surface area (Å²) in [5, 5.41) is 0. The van der Waals surface area contributed by atoms with Gasteiger partial charge in [0, 0.05) is 23.7 Å². The number of Topliss-reactive ketones (excluding diaryl/α,β-unsaturated/α-hetero) is 1. The molecule has 0 bridgehead atoms. The lowest BCUT2D eigenvalue weighted by atomic mass is 9.48. The Balaban J connectivity index is 1.81. The van der Waals surface area contributed by atoms with E-state index in [1.165, 1.54) is 19.9 Å². The summed E-state index contributed by atoms with van der Waals surface area (Å²) in [7, 11) is 0. The molecule has 0 unspecified atom stereocenters. The summed E-state index contributed by atoms with van der Waals surface area (Å²) in [6, 6.07) is 0. The van der Waals surface area contributed by atoms with Crippen LogP contribution in [0.3, 0.4) is 0 Å². The third-order valence-corrected chi connectivity index (χ3v) is 8.03. The first-order chi connectivity index (χ1) is 13.0. The molecule has 2 fully saturated rings. The molecule has 4 aliphatic carbocycles. The molecule has 0 heterocycles. The Hall–Kier alpha value is -2.04. The van der Waals surface area contributed by atoms with Gasteiger partial charge in [-0.3, -0.25) is 14.4 Å². The van der Waals surface area contributed by atoms with Crippen LogP contribution in [0.5, 0.6) is 0 Å². The van der Waals surface area contributed by atoms with E-state index in [9.17, 15) is 14.4 Å². The molecule has 0 aromatic carbocycles. The van der Waals surface area contributed by atoms with Crippen LogP contribution < -0.4 is 0 Å². The molecule has 0 amide bonds. The number of ketones is 2. The molecule has 4 rings (SSSR count). The topological polar surface area (TPSA) is 60.4 Å². The molecule has 0 radical (unpaired) electrons. The van der Waals surface area contributed by atoms with E-state index in [-0.39, 0.29) is 35.7 Å². The number of carbonyl (C=O) groups is 3. The van der Waals surface area contributed by atoms with E-state index in [0.717, 1.165) is 5.57 Å². The highest BCUT2D eigenvalue weighted by Crippen LogP contribution is 2.67. The van der Waals surface area contributed by atoms with Gasteiger partial charge < -0.3 is 4.74 Å². The number of alkyl halides is 1. The fourth-order valence-electron chi connectivity index (χ4n) is 6.77. The maximum atomic E-state index is 15.8. The van der Waals surface area contributed by atoms with Crippen molar-refractivity contribution < 1.29 is 23.5 Å². The highest BCUT2D eigenvalue weighted by atomic mass is 19.1. The molecule has 0 aromatic rings. The molecule has 4 aliphatic rings. The fraction of sp³-hybridized carbons (Fsp3) is 0.609. The zero-order valence-corrected chi connectivity index (χ0v) is 16.8. The van der Waals surface area contributed by atoms with Crippen LogP contribution >= 0.6 is 0 Å². The van der Waals surface area contributed by atoms with Crippen molar-refractivity contribution in [1.82, 2.24) is 0 Å². The predicted molar refractivity (Wildman–Crippen MR) is 102 cm³/mol. The summed E-state index contributed by atoms with van der Waals surface area (Å²) < 4.78 is 21.5. The molecule has 28 heavy (non-hydrogen) atoms. The van der Waals surface area contributed by atoms with Crippen molar-refractivity contribution in [1.29, 1.82) is 0 Å².